The molecule has 0 bridgehead atoms. The van der Waals surface area contributed by atoms with Crippen LogP contribution in [0.4, 0.5) is 14.6 Å². The standard InChI is InChI=1S/C17H15F2N5O/c18-11-4-2-5-12(19)16(11)14-7-15(24-23-14)21-17(25)9-3-1-6-13-10(9)8-20-22-13/h2,4-5,7-9H,1,3,6H2,(H,20,22)(H2,21,23,24,25). The lowest BCUT2D eigenvalue weighted by Gasteiger charge is -2.20. The number of carbonyl (C=O) groups excluding carboxylic acids is 1. The lowest BCUT2D eigenvalue weighted by atomic mass is 9.86. The van der Waals surface area contributed by atoms with Crippen LogP contribution in [0.25, 0.3) is 11.3 Å². The molecule has 0 spiro atoms. The molecule has 128 valence electrons. The number of hydrogen-bond donors (Lipinski definition) is 3. The average Bonchev–Trinajstić information content (AvgIpc) is 3.23. The third kappa shape index (κ3) is 2.79. The van der Waals surface area contributed by atoms with Crippen LogP contribution in [-0.2, 0) is 11.2 Å². The van der Waals surface area contributed by atoms with Gasteiger partial charge in [-0.1, -0.05) is 6.07 Å². The van der Waals surface area contributed by atoms with Gasteiger partial charge in [-0.25, -0.2) is 8.78 Å². The molecule has 4 rings (SSSR count). The first-order chi connectivity index (χ1) is 12.1. The molecule has 2 aromatic heterocycles. The Balaban J connectivity index is 1.55. The Bertz CT molecular complexity index is 913. The number of anilines is 1. The maximum atomic E-state index is 13.8. The first kappa shape index (κ1) is 15.5. The number of amides is 1. The summed E-state index contributed by atoms with van der Waals surface area (Å²) in [7, 11) is 0. The number of aromatic nitrogens is 4. The number of aromatic amines is 2. The number of H-pyrrole nitrogens is 2. The first-order valence-corrected chi connectivity index (χ1v) is 7.96. The molecule has 1 amide bonds. The summed E-state index contributed by atoms with van der Waals surface area (Å²) in [4.78, 5) is 12.6. The van der Waals surface area contributed by atoms with Gasteiger partial charge in [-0.15, -0.1) is 0 Å². The molecule has 0 saturated heterocycles. The summed E-state index contributed by atoms with van der Waals surface area (Å²) in [6, 6.07) is 5.04. The monoisotopic (exact) mass is 343 g/mol. The molecule has 1 aliphatic carbocycles. The second-order valence-corrected chi connectivity index (χ2v) is 6.00. The molecule has 2 heterocycles. The Kier molecular flexibility index (Phi) is 3.79. The number of nitrogens with zero attached hydrogens (tertiary/aromatic N) is 2. The third-order valence-electron chi connectivity index (χ3n) is 4.42. The highest BCUT2D eigenvalue weighted by atomic mass is 19.1. The average molecular weight is 343 g/mol. The van der Waals surface area contributed by atoms with E-state index in [1.54, 1.807) is 6.20 Å². The van der Waals surface area contributed by atoms with E-state index in [2.05, 4.69) is 25.7 Å². The van der Waals surface area contributed by atoms with Crippen molar-refractivity contribution < 1.29 is 13.6 Å². The number of carbonyl (C=O) groups is 1. The summed E-state index contributed by atoms with van der Waals surface area (Å²) in [6.07, 6.45) is 4.15. The second kappa shape index (κ2) is 6.12. The van der Waals surface area contributed by atoms with Crippen LogP contribution in [0.1, 0.15) is 30.0 Å². The van der Waals surface area contributed by atoms with Crippen molar-refractivity contribution in [2.45, 2.75) is 25.2 Å². The van der Waals surface area contributed by atoms with Crippen molar-refractivity contribution in [2.75, 3.05) is 5.32 Å². The van der Waals surface area contributed by atoms with Crippen LogP contribution >= 0.6 is 0 Å². The predicted octanol–water partition coefficient (Wildman–Crippen LogP) is 3.14. The summed E-state index contributed by atoms with van der Waals surface area (Å²) >= 11 is 0. The topological polar surface area (TPSA) is 86.5 Å². The molecule has 0 aliphatic heterocycles. The molecule has 6 nitrogen and oxygen atoms in total. The summed E-state index contributed by atoms with van der Waals surface area (Å²) in [5.41, 5.74) is 1.83. The van der Waals surface area contributed by atoms with Crippen molar-refractivity contribution in [1.29, 1.82) is 0 Å². The van der Waals surface area contributed by atoms with Crippen molar-refractivity contribution in [1.82, 2.24) is 20.4 Å². The predicted molar refractivity (Wildman–Crippen MR) is 86.8 cm³/mol. The number of halogens is 2. The van der Waals surface area contributed by atoms with Gasteiger partial charge >= 0.3 is 0 Å². The zero-order chi connectivity index (χ0) is 17.4. The second-order valence-electron chi connectivity index (χ2n) is 6.00. The van der Waals surface area contributed by atoms with Crippen molar-refractivity contribution in [3.05, 3.63) is 53.4 Å². The Hall–Kier alpha value is -3.03. The maximum Gasteiger partial charge on any atom is 0.233 e. The minimum Gasteiger partial charge on any atom is -0.309 e. The van der Waals surface area contributed by atoms with E-state index in [-0.39, 0.29) is 28.9 Å². The van der Waals surface area contributed by atoms with Gasteiger partial charge < -0.3 is 5.32 Å². The fraction of sp³-hybridized carbons (Fsp3) is 0.235. The molecular weight excluding hydrogens is 328 g/mol. The van der Waals surface area contributed by atoms with Crippen LogP contribution in [0.2, 0.25) is 0 Å². The molecular formula is C17H15F2N5O. The van der Waals surface area contributed by atoms with Gasteiger partial charge in [0.2, 0.25) is 5.91 Å². The summed E-state index contributed by atoms with van der Waals surface area (Å²) in [5, 5.41) is 16.1. The zero-order valence-corrected chi connectivity index (χ0v) is 13.1. The number of fused-ring (bicyclic) bond motifs is 1. The third-order valence-corrected chi connectivity index (χ3v) is 4.42. The van der Waals surface area contributed by atoms with E-state index >= 15 is 0 Å². The van der Waals surface area contributed by atoms with Crippen LogP contribution in [-0.4, -0.2) is 26.3 Å². The Morgan fingerprint density at radius 2 is 2.04 bits per heavy atom. The minimum atomic E-state index is -0.697. The largest absolute Gasteiger partial charge is 0.309 e. The molecule has 25 heavy (non-hydrogen) atoms. The number of benzene rings is 1. The van der Waals surface area contributed by atoms with Crippen LogP contribution < -0.4 is 5.32 Å². The van der Waals surface area contributed by atoms with Crippen molar-refractivity contribution in [3.8, 4) is 11.3 Å². The molecule has 8 heteroatoms. The normalized spacial score (nSPS) is 16.5. The number of rotatable bonds is 3. The molecule has 0 radical (unpaired) electrons. The van der Waals surface area contributed by atoms with Crippen LogP contribution in [0.5, 0.6) is 0 Å². The lowest BCUT2D eigenvalue weighted by Crippen LogP contribution is -2.24. The van der Waals surface area contributed by atoms with Crippen molar-refractivity contribution in [2.24, 2.45) is 0 Å². The van der Waals surface area contributed by atoms with Crippen LogP contribution in [0.3, 0.4) is 0 Å². The van der Waals surface area contributed by atoms with E-state index in [4.69, 9.17) is 0 Å². The number of hydrogen-bond acceptors (Lipinski definition) is 3. The Morgan fingerprint density at radius 1 is 1.24 bits per heavy atom. The molecule has 1 aliphatic rings. The summed E-state index contributed by atoms with van der Waals surface area (Å²) < 4.78 is 27.7. The molecule has 3 N–H and O–H groups in total. The zero-order valence-electron chi connectivity index (χ0n) is 13.1. The molecule has 1 atom stereocenters. The SMILES string of the molecule is O=C(Nc1cc(-c2c(F)cccc2F)[nH]n1)C1CCCc2[nH]ncc21. The van der Waals surface area contributed by atoms with E-state index in [9.17, 15) is 13.6 Å². The molecule has 3 aromatic rings. The van der Waals surface area contributed by atoms with Gasteiger partial charge in [0.05, 0.1) is 23.4 Å². The van der Waals surface area contributed by atoms with Gasteiger partial charge in [-0.3, -0.25) is 15.0 Å². The Labute approximate surface area is 141 Å². The number of aryl methyl sites for hydroxylation is 1. The highest BCUT2D eigenvalue weighted by Gasteiger charge is 2.28. The van der Waals surface area contributed by atoms with Gasteiger partial charge in [-0.2, -0.15) is 10.2 Å². The number of nitrogens with one attached hydrogen (secondary N) is 3. The van der Waals surface area contributed by atoms with Crippen molar-refractivity contribution in [3.63, 3.8) is 0 Å². The highest BCUT2D eigenvalue weighted by Crippen LogP contribution is 2.31. The fourth-order valence-corrected chi connectivity index (χ4v) is 3.22. The van der Waals surface area contributed by atoms with E-state index in [1.807, 2.05) is 0 Å². The van der Waals surface area contributed by atoms with Crippen LogP contribution in [0, 0.1) is 11.6 Å². The first-order valence-electron chi connectivity index (χ1n) is 7.96. The minimum absolute atomic E-state index is 0.165. The molecule has 1 aromatic carbocycles. The van der Waals surface area contributed by atoms with Gasteiger partial charge in [0.25, 0.3) is 0 Å². The quantitative estimate of drug-likeness (QED) is 0.683. The van der Waals surface area contributed by atoms with Gasteiger partial charge in [-0.05, 0) is 31.4 Å². The molecule has 0 saturated carbocycles. The van der Waals surface area contributed by atoms with Gasteiger partial charge in [0.15, 0.2) is 5.82 Å². The van der Waals surface area contributed by atoms with Crippen LogP contribution in [0.15, 0.2) is 30.5 Å². The molecule has 1 unspecified atom stereocenters. The summed E-state index contributed by atoms with van der Waals surface area (Å²) in [5.74, 6) is -1.70. The highest BCUT2D eigenvalue weighted by molar-refractivity contribution is 5.95. The smallest absolute Gasteiger partial charge is 0.233 e. The Morgan fingerprint density at radius 3 is 2.84 bits per heavy atom. The van der Waals surface area contributed by atoms with Gasteiger partial charge in [0, 0.05) is 17.3 Å². The van der Waals surface area contributed by atoms with E-state index in [0.29, 0.717) is 0 Å². The van der Waals surface area contributed by atoms with E-state index < -0.39 is 11.6 Å². The maximum absolute atomic E-state index is 13.8. The summed E-state index contributed by atoms with van der Waals surface area (Å²) in [6.45, 7) is 0. The van der Waals surface area contributed by atoms with E-state index in [1.165, 1.54) is 24.3 Å². The fourth-order valence-electron chi connectivity index (χ4n) is 3.22. The molecule has 0 fully saturated rings. The van der Waals surface area contributed by atoms with Gasteiger partial charge in [0.1, 0.15) is 11.6 Å². The lowest BCUT2D eigenvalue weighted by molar-refractivity contribution is -0.117. The van der Waals surface area contributed by atoms with E-state index in [0.717, 1.165) is 30.5 Å². The van der Waals surface area contributed by atoms with Crippen molar-refractivity contribution >= 4 is 11.7 Å².